The smallest absolute Gasteiger partial charge is 0.160 e. The lowest BCUT2D eigenvalue weighted by Gasteiger charge is -2.05. The fourth-order valence-electron chi connectivity index (χ4n) is 1.93. The van der Waals surface area contributed by atoms with Crippen LogP contribution in [0.5, 0.6) is 0 Å². The van der Waals surface area contributed by atoms with Gasteiger partial charge in [0.2, 0.25) is 0 Å². The van der Waals surface area contributed by atoms with E-state index in [0.29, 0.717) is 5.92 Å². The number of carbonyl (C=O) groups excluding carboxylic acids is 1. The van der Waals surface area contributed by atoms with E-state index in [1.165, 1.54) is 30.6 Å². The molecule has 0 unspecified atom stereocenters. The van der Waals surface area contributed by atoms with Gasteiger partial charge in [0, 0.05) is 4.88 Å². The highest BCUT2D eigenvalue weighted by Crippen LogP contribution is 2.41. The molecule has 0 atom stereocenters. The molecule has 1 aromatic rings. The third-order valence-electron chi connectivity index (χ3n) is 2.57. The van der Waals surface area contributed by atoms with Gasteiger partial charge in [-0.3, -0.25) is 4.79 Å². The summed E-state index contributed by atoms with van der Waals surface area (Å²) in [6.45, 7) is 0. The summed E-state index contributed by atoms with van der Waals surface area (Å²) in [5.74, 6) is 0.617. The average Bonchev–Trinajstić information content (AvgIpc) is 2.72. The molecule has 0 amide bonds. The van der Waals surface area contributed by atoms with Crippen LogP contribution in [0.25, 0.3) is 0 Å². The Morgan fingerprint density at radius 3 is 2.69 bits per heavy atom. The molecule has 1 aromatic heterocycles. The predicted molar refractivity (Wildman–Crippen MR) is 55.9 cm³/mol. The van der Waals surface area contributed by atoms with E-state index in [1.54, 1.807) is 17.4 Å². The second kappa shape index (κ2) is 3.81. The first kappa shape index (κ1) is 9.22. The molecule has 3 heteroatoms. The zero-order chi connectivity index (χ0) is 9.26. The Hall–Kier alpha value is -0.340. The molecule has 0 bridgehead atoms. The van der Waals surface area contributed by atoms with E-state index in [2.05, 4.69) is 0 Å². The average molecular weight is 215 g/mol. The van der Waals surface area contributed by atoms with Gasteiger partial charge in [-0.05, 0) is 24.8 Å². The number of halogens is 1. The standard InChI is InChI=1S/C10H11ClOS/c11-9-5-8(6-12)13-10(9)7-3-1-2-4-7/h5-7H,1-4H2. The molecule has 1 aliphatic rings. The van der Waals surface area contributed by atoms with Gasteiger partial charge >= 0.3 is 0 Å². The second-order valence-electron chi connectivity index (χ2n) is 3.46. The minimum atomic E-state index is 0.617. The minimum absolute atomic E-state index is 0.617. The van der Waals surface area contributed by atoms with Crippen molar-refractivity contribution in [3.05, 3.63) is 20.8 Å². The molecule has 0 saturated heterocycles. The fraction of sp³-hybridized carbons (Fsp3) is 0.500. The van der Waals surface area contributed by atoms with Crippen LogP contribution in [-0.2, 0) is 0 Å². The number of aldehydes is 1. The monoisotopic (exact) mass is 214 g/mol. The summed E-state index contributed by atoms with van der Waals surface area (Å²) in [5.41, 5.74) is 0. The first-order valence-electron chi connectivity index (χ1n) is 4.55. The van der Waals surface area contributed by atoms with E-state index in [-0.39, 0.29) is 0 Å². The first-order valence-corrected chi connectivity index (χ1v) is 5.75. The van der Waals surface area contributed by atoms with Crippen LogP contribution >= 0.6 is 22.9 Å². The maximum absolute atomic E-state index is 10.5. The molecule has 1 fully saturated rings. The van der Waals surface area contributed by atoms with Crippen LogP contribution in [0, 0.1) is 0 Å². The summed E-state index contributed by atoms with van der Waals surface area (Å²) in [6, 6.07) is 1.78. The highest BCUT2D eigenvalue weighted by atomic mass is 35.5. The molecule has 1 saturated carbocycles. The van der Waals surface area contributed by atoms with E-state index in [4.69, 9.17) is 11.6 Å². The molecule has 0 radical (unpaired) electrons. The Labute approximate surface area is 86.7 Å². The Balaban J connectivity index is 2.27. The van der Waals surface area contributed by atoms with E-state index in [1.807, 2.05) is 0 Å². The summed E-state index contributed by atoms with van der Waals surface area (Å²) in [4.78, 5) is 12.5. The highest BCUT2D eigenvalue weighted by molar-refractivity contribution is 7.14. The maximum atomic E-state index is 10.5. The first-order chi connectivity index (χ1) is 6.31. The second-order valence-corrected chi connectivity index (χ2v) is 4.98. The summed E-state index contributed by atoms with van der Waals surface area (Å²) < 4.78 is 0. The van der Waals surface area contributed by atoms with Gasteiger partial charge in [0.1, 0.15) is 0 Å². The largest absolute Gasteiger partial charge is 0.297 e. The van der Waals surface area contributed by atoms with Gasteiger partial charge in [0.05, 0.1) is 9.90 Å². The molecule has 2 rings (SSSR count). The summed E-state index contributed by atoms with van der Waals surface area (Å²) in [6.07, 6.45) is 5.96. The summed E-state index contributed by atoms with van der Waals surface area (Å²) in [7, 11) is 0. The lowest BCUT2D eigenvalue weighted by molar-refractivity contribution is 0.112. The Bertz CT molecular complexity index is 313. The maximum Gasteiger partial charge on any atom is 0.160 e. The SMILES string of the molecule is O=Cc1cc(Cl)c(C2CCCC2)s1. The van der Waals surface area contributed by atoms with Crippen molar-refractivity contribution < 1.29 is 4.79 Å². The van der Waals surface area contributed by atoms with Gasteiger partial charge < -0.3 is 0 Å². The zero-order valence-corrected chi connectivity index (χ0v) is 8.83. The molecule has 13 heavy (non-hydrogen) atoms. The molecule has 0 aromatic carbocycles. The number of rotatable bonds is 2. The third kappa shape index (κ3) is 1.79. The molecule has 1 aliphatic carbocycles. The molecule has 1 nitrogen and oxygen atoms in total. The molecular formula is C10H11ClOS. The molecule has 0 aliphatic heterocycles. The quantitative estimate of drug-likeness (QED) is 0.683. The Kier molecular flexibility index (Phi) is 2.70. The molecule has 70 valence electrons. The van der Waals surface area contributed by atoms with Crippen molar-refractivity contribution in [2.45, 2.75) is 31.6 Å². The van der Waals surface area contributed by atoms with Gasteiger partial charge in [0.15, 0.2) is 6.29 Å². The van der Waals surface area contributed by atoms with Gasteiger partial charge in [0.25, 0.3) is 0 Å². The number of carbonyl (C=O) groups is 1. The van der Waals surface area contributed by atoms with Crippen LogP contribution in [-0.4, -0.2) is 6.29 Å². The number of thiophene rings is 1. The molecular weight excluding hydrogens is 204 g/mol. The molecule has 1 heterocycles. The predicted octanol–water partition coefficient (Wildman–Crippen LogP) is 3.87. The van der Waals surface area contributed by atoms with Crippen molar-refractivity contribution >= 4 is 29.2 Å². The van der Waals surface area contributed by atoms with Crippen molar-refractivity contribution in [3.63, 3.8) is 0 Å². The van der Waals surface area contributed by atoms with Crippen LogP contribution < -0.4 is 0 Å². The normalized spacial score (nSPS) is 17.9. The highest BCUT2D eigenvalue weighted by Gasteiger charge is 2.21. The van der Waals surface area contributed by atoms with Crippen LogP contribution in [0.4, 0.5) is 0 Å². The minimum Gasteiger partial charge on any atom is -0.297 e. The van der Waals surface area contributed by atoms with E-state index < -0.39 is 0 Å². The third-order valence-corrected chi connectivity index (χ3v) is 4.22. The topological polar surface area (TPSA) is 17.1 Å². The zero-order valence-electron chi connectivity index (χ0n) is 7.25. The lowest BCUT2D eigenvalue weighted by Crippen LogP contribution is -1.87. The number of hydrogen-bond acceptors (Lipinski definition) is 2. The summed E-state index contributed by atoms with van der Waals surface area (Å²) >= 11 is 7.61. The van der Waals surface area contributed by atoms with Gasteiger partial charge in [-0.2, -0.15) is 0 Å². The number of hydrogen-bond donors (Lipinski definition) is 0. The van der Waals surface area contributed by atoms with E-state index in [9.17, 15) is 4.79 Å². The lowest BCUT2D eigenvalue weighted by atomic mass is 10.1. The molecule has 0 spiro atoms. The van der Waals surface area contributed by atoms with Crippen molar-refractivity contribution in [1.82, 2.24) is 0 Å². The van der Waals surface area contributed by atoms with Crippen LogP contribution in [0.3, 0.4) is 0 Å². The van der Waals surface area contributed by atoms with E-state index >= 15 is 0 Å². The van der Waals surface area contributed by atoms with Crippen molar-refractivity contribution in [1.29, 1.82) is 0 Å². The Morgan fingerprint density at radius 1 is 1.46 bits per heavy atom. The van der Waals surface area contributed by atoms with Crippen molar-refractivity contribution in [2.24, 2.45) is 0 Å². The van der Waals surface area contributed by atoms with Gasteiger partial charge in [-0.15, -0.1) is 11.3 Å². The van der Waals surface area contributed by atoms with Gasteiger partial charge in [-0.1, -0.05) is 24.4 Å². The van der Waals surface area contributed by atoms with E-state index in [0.717, 1.165) is 16.2 Å². The van der Waals surface area contributed by atoms with Crippen molar-refractivity contribution in [2.75, 3.05) is 0 Å². The molecule has 0 N–H and O–H groups in total. The summed E-state index contributed by atoms with van der Waals surface area (Å²) in [5, 5.41) is 0.791. The van der Waals surface area contributed by atoms with Crippen LogP contribution in [0.15, 0.2) is 6.07 Å². The van der Waals surface area contributed by atoms with Crippen LogP contribution in [0.1, 0.15) is 46.2 Å². The van der Waals surface area contributed by atoms with Crippen molar-refractivity contribution in [3.8, 4) is 0 Å². The van der Waals surface area contributed by atoms with Gasteiger partial charge in [-0.25, -0.2) is 0 Å². The Morgan fingerprint density at radius 2 is 2.15 bits per heavy atom. The van der Waals surface area contributed by atoms with Crippen LogP contribution in [0.2, 0.25) is 5.02 Å². The fourth-order valence-corrected chi connectivity index (χ4v) is 3.42.